The van der Waals surface area contributed by atoms with Crippen molar-refractivity contribution in [1.29, 1.82) is 0 Å². The molecule has 0 aliphatic heterocycles. The maximum absolute atomic E-state index is 6.62. The third kappa shape index (κ3) is 3.78. The monoisotopic (exact) mass is 743 g/mol. The van der Waals surface area contributed by atoms with E-state index < -0.39 is 0 Å². The molecule has 0 amide bonds. The van der Waals surface area contributed by atoms with Crippen molar-refractivity contribution in [1.82, 2.24) is 32.5 Å². The molecule has 8 nitrogen and oxygen atoms in total. The van der Waals surface area contributed by atoms with Crippen LogP contribution in [0.5, 0.6) is 0 Å². The summed E-state index contributed by atoms with van der Waals surface area (Å²) in [6.07, 6.45) is 0. The third-order valence-corrected chi connectivity index (χ3v) is 12.1. The van der Waals surface area contributed by atoms with Gasteiger partial charge < -0.3 is 8.98 Å². The van der Waals surface area contributed by atoms with Crippen LogP contribution in [0.2, 0.25) is 0 Å². The summed E-state index contributed by atoms with van der Waals surface area (Å²) in [5.74, 6) is 1.71. The number of para-hydroxylation sites is 8. The van der Waals surface area contributed by atoms with Gasteiger partial charge in [-0.25, -0.2) is 9.97 Å². The average molecular weight is 744 g/mol. The van der Waals surface area contributed by atoms with Crippen LogP contribution in [0.1, 0.15) is 0 Å². The Morgan fingerprint density at radius 1 is 0.345 bits per heavy atom. The van der Waals surface area contributed by atoms with Crippen molar-refractivity contribution in [2.75, 3.05) is 0 Å². The number of hydrogen-bond donors (Lipinski definition) is 0. The number of aromatic nitrogens is 7. The topological polar surface area (TPSA) is 62.5 Å². The van der Waals surface area contributed by atoms with Gasteiger partial charge in [0.25, 0.3) is 0 Å². The van der Waals surface area contributed by atoms with Gasteiger partial charge in [-0.1, -0.05) is 78.9 Å². The zero-order valence-electron chi connectivity index (χ0n) is 30.8. The fourth-order valence-corrected chi connectivity index (χ4v) is 9.69. The first kappa shape index (κ1) is 30.2. The van der Waals surface area contributed by atoms with Gasteiger partial charge >= 0.3 is 0 Å². The van der Waals surface area contributed by atoms with Crippen molar-refractivity contribution >= 4 is 99.4 Å². The molecule has 0 saturated heterocycles. The largest absolute Gasteiger partial charge is 0.456 e. The highest BCUT2D eigenvalue weighted by molar-refractivity contribution is 6.12. The van der Waals surface area contributed by atoms with Gasteiger partial charge in [0.1, 0.15) is 11.2 Å². The normalized spacial score (nSPS) is 12.5. The lowest BCUT2D eigenvalue weighted by molar-refractivity contribution is 0.668. The highest BCUT2D eigenvalue weighted by atomic mass is 16.3. The molecule has 8 heteroatoms. The van der Waals surface area contributed by atoms with Crippen molar-refractivity contribution < 1.29 is 4.42 Å². The van der Waals surface area contributed by atoms with Crippen molar-refractivity contribution in [3.63, 3.8) is 0 Å². The summed E-state index contributed by atoms with van der Waals surface area (Å²) in [4.78, 5) is 10.5. The summed E-state index contributed by atoms with van der Waals surface area (Å²) in [7, 11) is 0. The van der Waals surface area contributed by atoms with Gasteiger partial charge in [0.15, 0.2) is 0 Å². The van der Waals surface area contributed by atoms with Gasteiger partial charge in [-0.05, 0) is 97.1 Å². The van der Waals surface area contributed by atoms with Crippen LogP contribution in [0.15, 0.2) is 180 Å². The summed E-state index contributed by atoms with van der Waals surface area (Å²) in [6.45, 7) is 0. The molecule has 0 bridgehead atoms. The predicted molar refractivity (Wildman–Crippen MR) is 234 cm³/mol. The number of rotatable bonds is 3. The summed E-state index contributed by atoms with van der Waals surface area (Å²) in [6, 6.07) is 62.2. The lowest BCUT2D eigenvalue weighted by Gasteiger charge is -2.10. The Balaban J connectivity index is 1.05. The Morgan fingerprint density at radius 3 is 1.62 bits per heavy atom. The molecular formula is C50H29N7O. The predicted octanol–water partition coefficient (Wildman–Crippen LogP) is 12.2. The van der Waals surface area contributed by atoms with E-state index in [1.54, 1.807) is 0 Å². The van der Waals surface area contributed by atoms with Gasteiger partial charge in [0.05, 0.1) is 71.9 Å². The minimum absolute atomic E-state index is 0.821. The van der Waals surface area contributed by atoms with Crippen LogP contribution in [0, 0.1) is 0 Å². The van der Waals surface area contributed by atoms with E-state index >= 15 is 0 Å². The first-order valence-corrected chi connectivity index (χ1v) is 19.5. The fourth-order valence-electron chi connectivity index (χ4n) is 9.69. The lowest BCUT2D eigenvalue weighted by Crippen LogP contribution is -1.97. The number of imidazole rings is 4. The molecule has 270 valence electrons. The quantitative estimate of drug-likeness (QED) is 0.181. The second-order valence-corrected chi connectivity index (χ2v) is 15.1. The lowest BCUT2D eigenvalue weighted by atomic mass is 10.1. The Morgan fingerprint density at radius 2 is 0.897 bits per heavy atom. The van der Waals surface area contributed by atoms with Crippen LogP contribution in [-0.2, 0) is 0 Å². The van der Waals surface area contributed by atoms with Crippen molar-refractivity contribution in [2.24, 2.45) is 0 Å². The average Bonchev–Trinajstić information content (AvgIpc) is 4.11. The Kier molecular flexibility index (Phi) is 5.62. The van der Waals surface area contributed by atoms with E-state index in [0.717, 1.165) is 94.7 Å². The van der Waals surface area contributed by atoms with E-state index in [1.165, 1.54) is 21.8 Å². The van der Waals surface area contributed by atoms with Crippen LogP contribution in [-0.4, -0.2) is 32.5 Å². The minimum Gasteiger partial charge on any atom is -0.456 e. The van der Waals surface area contributed by atoms with Crippen LogP contribution in [0.25, 0.3) is 116 Å². The molecule has 6 aromatic heterocycles. The van der Waals surface area contributed by atoms with Crippen molar-refractivity contribution in [3.8, 4) is 17.1 Å². The number of hydrogen-bond acceptors (Lipinski definition) is 3. The SMILES string of the molecule is c1ccc2c(c1)nc1n(-c3ccc4oc5cccc(-n6c7ccccc7n7c8ccccc8nc67)c5c4c3)c3ccc(-n4c5ccccc5c5ccccc54)cc3n21. The summed E-state index contributed by atoms with van der Waals surface area (Å²) in [5.41, 5.74) is 15.5. The van der Waals surface area contributed by atoms with Gasteiger partial charge in [-0.3, -0.25) is 17.9 Å². The molecule has 8 aromatic carbocycles. The van der Waals surface area contributed by atoms with E-state index in [4.69, 9.17) is 14.4 Å². The number of nitrogens with zero attached hydrogens (tertiary/aromatic N) is 7. The van der Waals surface area contributed by atoms with Gasteiger partial charge in [0, 0.05) is 21.8 Å². The molecule has 0 spiro atoms. The van der Waals surface area contributed by atoms with E-state index in [9.17, 15) is 0 Å². The minimum atomic E-state index is 0.821. The summed E-state index contributed by atoms with van der Waals surface area (Å²) in [5, 5.41) is 4.53. The number of furan rings is 1. The Bertz CT molecular complexity index is 4000. The maximum Gasteiger partial charge on any atom is 0.220 e. The smallest absolute Gasteiger partial charge is 0.220 e. The first-order valence-electron chi connectivity index (χ1n) is 19.5. The molecule has 0 aliphatic rings. The molecule has 0 radical (unpaired) electrons. The Hall–Kier alpha value is -8.10. The summed E-state index contributed by atoms with van der Waals surface area (Å²) < 4.78 is 18.1. The van der Waals surface area contributed by atoms with E-state index in [2.05, 4.69) is 192 Å². The van der Waals surface area contributed by atoms with Gasteiger partial charge in [-0.15, -0.1) is 0 Å². The van der Waals surface area contributed by atoms with Crippen LogP contribution in [0.4, 0.5) is 0 Å². The van der Waals surface area contributed by atoms with Crippen LogP contribution < -0.4 is 0 Å². The molecule has 0 atom stereocenters. The second-order valence-electron chi connectivity index (χ2n) is 15.1. The highest BCUT2D eigenvalue weighted by Crippen LogP contribution is 2.40. The molecule has 6 heterocycles. The molecule has 14 aromatic rings. The van der Waals surface area contributed by atoms with Gasteiger partial charge in [-0.2, -0.15) is 0 Å². The number of fused-ring (bicyclic) bond motifs is 16. The number of benzene rings is 8. The zero-order chi connectivity index (χ0) is 37.6. The van der Waals surface area contributed by atoms with Crippen molar-refractivity contribution in [2.45, 2.75) is 0 Å². The first-order chi connectivity index (χ1) is 28.8. The molecular weight excluding hydrogens is 715 g/mol. The molecule has 0 aliphatic carbocycles. The maximum atomic E-state index is 6.62. The molecule has 0 N–H and O–H groups in total. The molecule has 14 rings (SSSR count). The molecule has 0 unspecified atom stereocenters. The fraction of sp³-hybridized carbons (Fsp3) is 0. The van der Waals surface area contributed by atoms with Gasteiger partial charge in [0.2, 0.25) is 11.6 Å². The van der Waals surface area contributed by atoms with E-state index in [-0.39, 0.29) is 0 Å². The molecule has 0 fully saturated rings. The standard InChI is InChI=1S/C50H29N7O/c1-5-16-37-32(12-1)33-13-2-6-17-38(33)53(37)31-24-26-43-45(29-31)56-40-19-8-4-15-36(40)51-49(56)54(43)30-25-27-46-34(28-30)48-44(22-11-23-47(48)58-46)57-42-21-10-9-20-41(42)55-39-18-7-3-14-35(39)52-50(55)57/h1-29H. The van der Waals surface area contributed by atoms with Crippen molar-refractivity contribution in [3.05, 3.63) is 176 Å². The molecule has 58 heavy (non-hydrogen) atoms. The summed E-state index contributed by atoms with van der Waals surface area (Å²) >= 11 is 0. The highest BCUT2D eigenvalue weighted by Gasteiger charge is 2.23. The zero-order valence-corrected chi connectivity index (χ0v) is 30.8. The van der Waals surface area contributed by atoms with Crippen LogP contribution in [0.3, 0.4) is 0 Å². The van der Waals surface area contributed by atoms with E-state index in [1.807, 2.05) is 6.07 Å². The molecule has 0 saturated carbocycles. The van der Waals surface area contributed by atoms with Crippen LogP contribution >= 0.6 is 0 Å². The van der Waals surface area contributed by atoms with E-state index in [0.29, 0.717) is 0 Å². The second kappa shape index (κ2) is 10.8. The third-order valence-electron chi connectivity index (χ3n) is 12.1. The Labute approximate surface area is 328 Å².